The lowest BCUT2D eigenvalue weighted by molar-refractivity contribution is 0.425. The van der Waals surface area contributed by atoms with Crippen LogP contribution in [0.1, 0.15) is 5.56 Å². The van der Waals surface area contributed by atoms with Crippen LogP contribution in [0.3, 0.4) is 0 Å². The van der Waals surface area contributed by atoms with Gasteiger partial charge >= 0.3 is 0 Å². The summed E-state index contributed by atoms with van der Waals surface area (Å²) in [6.07, 6.45) is 3.68. The molecule has 1 N–H and O–H groups in total. The van der Waals surface area contributed by atoms with Gasteiger partial charge in [0.05, 0.1) is 0 Å². The SMILES string of the molecule is Cc1cnccc1NCCN(C)C. The van der Waals surface area contributed by atoms with Crippen molar-refractivity contribution in [1.82, 2.24) is 9.88 Å². The summed E-state index contributed by atoms with van der Waals surface area (Å²) in [6.45, 7) is 4.07. The Balaban J connectivity index is 2.41. The molecular formula is C10H17N3. The molecule has 0 saturated carbocycles. The van der Waals surface area contributed by atoms with Crippen molar-refractivity contribution in [2.24, 2.45) is 0 Å². The van der Waals surface area contributed by atoms with Gasteiger partial charge in [-0.2, -0.15) is 0 Å². The number of aromatic nitrogens is 1. The minimum Gasteiger partial charge on any atom is -0.383 e. The fraction of sp³-hybridized carbons (Fsp3) is 0.500. The van der Waals surface area contributed by atoms with E-state index in [1.54, 1.807) is 0 Å². The van der Waals surface area contributed by atoms with Gasteiger partial charge in [-0.05, 0) is 32.6 Å². The third kappa shape index (κ3) is 3.42. The number of nitrogens with one attached hydrogen (secondary N) is 1. The number of hydrogen-bond acceptors (Lipinski definition) is 3. The molecule has 0 spiro atoms. The maximum absolute atomic E-state index is 4.04. The molecule has 0 amide bonds. The fourth-order valence-corrected chi connectivity index (χ4v) is 1.09. The molecule has 0 aliphatic rings. The van der Waals surface area contributed by atoms with E-state index in [2.05, 4.69) is 36.2 Å². The second kappa shape index (κ2) is 4.82. The summed E-state index contributed by atoms with van der Waals surface area (Å²) in [5.74, 6) is 0. The number of nitrogens with zero attached hydrogens (tertiary/aromatic N) is 2. The lowest BCUT2D eigenvalue weighted by Gasteiger charge is -2.12. The first-order valence-corrected chi connectivity index (χ1v) is 4.49. The van der Waals surface area contributed by atoms with Gasteiger partial charge in [0.25, 0.3) is 0 Å². The van der Waals surface area contributed by atoms with Crippen LogP contribution in [0.25, 0.3) is 0 Å². The van der Waals surface area contributed by atoms with E-state index in [4.69, 9.17) is 0 Å². The van der Waals surface area contributed by atoms with E-state index in [0.717, 1.165) is 13.1 Å². The van der Waals surface area contributed by atoms with Gasteiger partial charge in [0, 0.05) is 31.2 Å². The van der Waals surface area contributed by atoms with Crippen LogP contribution in [0.15, 0.2) is 18.5 Å². The number of aryl methyl sites for hydroxylation is 1. The Morgan fingerprint density at radius 3 is 2.85 bits per heavy atom. The molecule has 3 nitrogen and oxygen atoms in total. The molecule has 13 heavy (non-hydrogen) atoms. The van der Waals surface area contributed by atoms with Gasteiger partial charge < -0.3 is 10.2 Å². The van der Waals surface area contributed by atoms with Crippen molar-refractivity contribution in [3.63, 3.8) is 0 Å². The van der Waals surface area contributed by atoms with E-state index in [1.807, 2.05) is 18.5 Å². The number of pyridine rings is 1. The molecule has 3 heteroatoms. The highest BCUT2D eigenvalue weighted by atomic mass is 15.1. The van der Waals surface area contributed by atoms with Crippen molar-refractivity contribution in [3.8, 4) is 0 Å². The fourth-order valence-electron chi connectivity index (χ4n) is 1.09. The van der Waals surface area contributed by atoms with Crippen LogP contribution in [0.5, 0.6) is 0 Å². The highest BCUT2D eigenvalue weighted by Gasteiger charge is 1.95. The molecule has 0 aliphatic carbocycles. The Kier molecular flexibility index (Phi) is 3.71. The largest absolute Gasteiger partial charge is 0.383 e. The van der Waals surface area contributed by atoms with Crippen molar-refractivity contribution in [2.75, 3.05) is 32.5 Å². The van der Waals surface area contributed by atoms with Crippen molar-refractivity contribution >= 4 is 5.69 Å². The molecule has 0 radical (unpaired) electrons. The highest BCUT2D eigenvalue weighted by Crippen LogP contribution is 2.10. The molecule has 1 heterocycles. The number of likely N-dealkylation sites (N-methyl/N-ethyl adjacent to an activating group) is 1. The molecular weight excluding hydrogens is 162 g/mol. The summed E-state index contributed by atoms with van der Waals surface area (Å²) in [5.41, 5.74) is 2.37. The Morgan fingerprint density at radius 1 is 1.46 bits per heavy atom. The number of hydrogen-bond donors (Lipinski definition) is 1. The van der Waals surface area contributed by atoms with Crippen molar-refractivity contribution in [2.45, 2.75) is 6.92 Å². The molecule has 0 aromatic carbocycles. The van der Waals surface area contributed by atoms with E-state index >= 15 is 0 Å². The van der Waals surface area contributed by atoms with E-state index in [9.17, 15) is 0 Å². The van der Waals surface area contributed by atoms with Gasteiger partial charge in [-0.1, -0.05) is 0 Å². The smallest absolute Gasteiger partial charge is 0.0401 e. The summed E-state index contributed by atoms with van der Waals surface area (Å²) in [7, 11) is 4.14. The van der Waals surface area contributed by atoms with E-state index in [1.165, 1.54) is 11.3 Å². The summed E-state index contributed by atoms with van der Waals surface area (Å²) in [6, 6.07) is 2.00. The molecule has 1 aromatic heterocycles. The number of anilines is 1. The standard InChI is InChI=1S/C10H17N3/c1-9-8-11-5-4-10(9)12-6-7-13(2)3/h4-5,8H,6-7H2,1-3H3,(H,11,12). The van der Waals surface area contributed by atoms with Crippen LogP contribution in [-0.4, -0.2) is 37.1 Å². The van der Waals surface area contributed by atoms with E-state index in [0.29, 0.717) is 0 Å². The van der Waals surface area contributed by atoms with Gasteiger partial charge in [-0.3, -0.25) is 4.98 Å². The second-order valence-corrected chi connectivity index (χ2v) is 3.42. The lowest BCUT2D eigenvalue weighted by Crippen LogP contribution is -2.21. The maximum Gasteiger partial charge on any atom is 0.0401 e. The Morgan fingerprint density at radius 2 is 2.23 bits per heavy atom. The first-order chi connectivity index (χ1) is 6.20. The van der Waals surface area contributed by atoms with Gasteiger partial charge in [-0.15, -0.1) is 0 Å². The summed E-state index contributed by atoms with van der Waals surface area (Å²) in [4.78, 5) is 6.19. The maximum atomic E-state index is 4.04. The number of rotatable bonds is 4. The van der Waals surface area contributed by atoms with Gasteiger partial charge in [0.15, 0.2) is 0 Å². The van der Waals surface area contributed by atoms with Crippen LogP contribution >= 0.6 is 0 Å². The normalized spacial score (nSPS) is 10.5. The predicted molar refractivity (Wildman–Crippen MR) is 56.0 cm³/mol. The van der Waals surface area contributed by atoms with Crippen LogP contribution in [0.4, 0.5) is 5.69 Å². The lowest BCUT2D eigenvalue weighted by atomic mass is 10.2. The highest BCUT2D eigenvalue weighted by molar-refractivity contribution is 5.48. The topological polar surface area (TPSA) is 28.2 Å². The molecule has 0 saturated heterocycles. The van der Waals surface area contributed by atoms with Crippen molar-refractivity contribution in [1.29, 1.82) is 0 Å². The average molecular weight is 179 g/mol. The van der Waals surface area contributed by atoms with Crippen molar-refractivity contribution < 1.29 is 0 Å². The summed E-state index contributed by atoms with van der Waals surface area (Å²) in [5, 5.41) is 3.36. The molecule has 0 bridgehead atoms. The Bertz CT molecular complexity index is 258. The predicted octanol–water partition coefficient (Wildman–Crippen LogP) is 1.36. The zero-order valence-corrected chi connectivity index (χ0v) is 8.54. The zero-order valence-electron chi connectivity index (χ0n) is 8.54. The summed E-state index contributed by atoms with van der Waals surface area (Å²) >= 11 is 0. The van der Waals surface area contributed by atoms with Crippen LogP contribution in [0.2, 0.25) is 0 Å². The average Bonchev–Trinajstić information content (AvgIpc) is 2.08. The van der Waals surface area contributed by atoms with Gasteiger partial charge in [-0.25, -0.2) is 0 Å². The summed E-state index contributed by atoms with van der Waals surface area (Å²) < 4.78 is 0. The van der Waals surface area contributed by atoms with Crippen LogP contribution in [-0.2, 0) is 0 Å². The quantitative estimate of drug-likeness (QED) is 0.756. The minimum absolute atomic E-state index is 0.970. The van der Waals surface area contributed by atoms with Crippen LogP contribution < -0.4 is 5.32 Å². The first-order valence-electron chi connectivity index (χ1n) is 4.49. The van der Waals surface area contributed by atoms with Gasteiger partial charge in [0.2, 0.25) is 0 Å². The molecule has 72 valence electrons. The first kappa shape index (κ1) is 9.99. The second-order valence-electron chi connectivity index (χ2n) is 3.42. The molecule has 0 unspecified atom stereocenters. The van der Waals surface area contributed by atoms with Gasteiger partial charge in [0.1, 0.15) is 0 Å². The molecule has 1 rings (SSSR count). The Hall–Kier alpha value is -1.09. The monoisotopic (exact) mass is 179 g/mol. The molecule has 0 aliphatic heterocycles. The van der Waals surface area contributed by atoms with E-state index in [-0.39, 0.29) is 0 Å². The molecule has 0 fully saturated rings. The Labute approximate surface area is 79.8 Å². The van der Waals surface area contributed by atoms with E-state index < -0.39 is 0 Å². The third-order valence-corrected chi connectivity index (χ3v) is 1.89. The zero-order chi connectivity index (χ0) is 9.68. The third-order valence-electron chi connectivity index (χ3n) is 1.89. The van der Waals surface area contributed by atoms with Crippen molar-refractivity contribution in [3.05, 3.63) is 24.0 Å². The molecule has 1 aromatic rings. The molecule has 0 atom stereocenters. The minimum atomic E-state index is 0.970. The van der Waals surface area contributed by atoms with Crippen LogP contribution in [0, 0.1) is 6.92 Å².